The van der Waals surface area contributed by atoms with Gasteiger partial charge in [-0.1, -0.05) is 0 Å². The molecule has 0 atom stereocenters. The molecule has 1 aromatic carbocycles. The van der Waals surface area contributed by atoms with Crippen LogP contribution in [0.15, 0.2) is 24.3 Å². The zero-order chi connectivity index (χ0) is 13.6. The molecule has 6 heteroatoms. The van der Waals surface area contributed by atoms with Gasteiger partial charge in [0, 0.05) is 31.8 Å². The predicted molar refractivity (Wildman–Crippen MR) is 66.3 cm³/mol. The largest absolute Gasteiger partial charge is 0.416 e. The molecule has 0 aromatic heterocycles. The fraction of sp³-hybridized carbons (Fsp3) is 0.500. The molecule has 1 aromatic rings. The summed E-state index contributed by atoms with van der Waals surface area (Å²) < 4.78 is 42.2. The van der Waals surface area contributed by atoms with E-state index in [-0.39, 0.29) is 0 Å². The van der Waals surface area contributed by atoms with E-state index >= 15 is 0 Å². The Kier molecular flexibility index (Phi) is 5.75. The van der Waals surface area contributed by atoms with Crippen molar-refractivity contribution < 1.29 is 17.9 Å². The number of alkyl halides is 4. The van der Waals surface area contributed by atoms with E-state index in [1.165, 1.54) is 12.1 Å². The highest BCUT2D eigenvalue weighted by Crippen LogP contribution is 2.30. The molecule has 18 heavy (non-hydrogen) atoms. The molecule has 0 heterocycles. The molecule has 102 valence electrons. The Bertz CT molecular complexity index is 353. The van der Waals surface area contributed by atoms with E-state index in [4.69, 9.17) is 16.3 Å². The number of methoxy groups -OCH3 is 1. The molecule has 0 bridgehead atoms. The fourth-order valence-corrected chi connectivity index (χ4v) is 1.74. The van der Waals surface area contributed by atoms with Gasteiger partial charge in [-0.2, -0.15) is 13.2 Å². The minimum Gasteiger partial charge on any atom is -0.383 e. The van der Waals surface area contributed by atoms with Gasteiger partial charge in [-0.05, 0) is 24.3 Å². The average Bonchev–Trinajstić information content (AvgIpc) is 2.33. The van der Waals surface area contributed by atoms with Gasteiger partial charge in [-0.3, -0.25) is 0 Å². The fourth-order valence-electron chi connectivity index (χ4n) is 1.53. The van der Waals surface area contributed by atoms with E-state index in [0.29, 0.717) is 31.3 Å². The number of nitrogens with zero attached hydrogens (tertiary/aromatic N) is 1. The SMILES string of the molecule is COCCN(CCCl)c1ccc(C(F)(F)F)cc1. The van der Waals surface area contributed by atoms with Gasteiger partial charge in [0.25, 0.3) is 0 Å². The molecule has 0 saturated heterocycles. The second-order valence-electron chi connectivity index (χ2n) is 3.71. The highest BCUT2D eigenvalue weighted by atomic mass is 35.5. The van der Waals surface area contributed by atoms with Gasteiger partial charge in [-0.15, -0.1) is 11.6 Å². The van der Waals surface area contributed by atoms with Gasteiger partial charge < -0.3 is 9.64 Å². The van der Waals surface area contributed by atoms with E-state index < -0.39 is 11.7 Å². The third-order valence-electron chi connectivity index (χ3n) is 2.48. The van der Waals surface area contributed by atoms with Crippen LogP contribution in [0.4, 0.5) is 18.9 Å². The van der Waals surface area contributed by atoms with Gasteiger partial charge in [-0.25, -0.2) is 0 Å². The Balaban J connectivity index is 2.79. The van der Waals surface area contributed by atoms with Crippen LogP contribution < -0.4 is 4.90 Å². The smallest absolute Gasteiger partial charge is 0.383 e. The van der Waals surface area contributed by atoms with Crippen LogP contribution in [0.25, 0.3) is 0 Å². The van der Waals surface area contributed by atoms with Crippen molar-refractivity contribution in [2.75, 3.05) is 37.6 Å². The van der Waals surface area contributed by atoms with Crippen LogP contribution >= 0.6 is 11.6 Å². The van der Waals surface area contributed by atoms with E-state index in [9.17, 15) is 13.2 Å². The van der Waals surface area contributed by atoms with Crippen LogP contribution in [-0.2, 0) is 10.9 Å². The summed E-state index contributed by atoms with van der Waals surface area (Å²) in [7, 11) is 1.58. The van der Waals surface area contributed by atoms with Crippen molar-refractivity contribution in [1.29, 1.82) is 0 Å². The zero-order valence-electron chi connectivity index (χ0n) is 10.0. The second-order valence-corrected chi connectivity index (χ2v) is 4.09. The van der Waals surface area contributed by atoms with Crippen LogP contribution in [0.2, 0.25) is 0 Å². The molecule has 0 spiro atoms. The number of ether oxygens (including phenoxy) is 1. The van der Waals surface area contributed by atoms with Crippen molar-refractivity contribution in [1.82, 2.24) is 0 Å². The van der Waals surface area contributed by atoms with Crippen molar-refractivity contribution >= 4 is 17.3 Å². The Morgan fingerprint density at radius 1 is 1.17 bits per heavy atom. The van der Waals surface area contributed by atoms with E-state index in [1.54, 1.807) is 7.11 Å². The monoisotopic (exact) mass is 281 g/mol. The maximum atomic E-state index is 12.4. The lowest BCUT2D eigenvalue weighted by molar-refractivity contribution is -0.137. The molecular weight excluding hydrogens is 267 g/mol. The molecule has 0 saturated carbocycles. The molecule has 0 amide bonds. The maximum absolute atomic E-state index is 12.4. The summed E-state index contributed by atoms with van der Waals surface area (Å²) >= 11 is 5.67. The topological polar surface area (TPSA) is 12.5 Å². The minimum atomic E-state index is -4.30. The lowest BCUT2D eigenvalue weighted by atomic mass is 10.2. The predicted octanol–water partition coefficient (Wildman–Crippen LogP) is 3.40. The van der Waals surface area contributed by atoms with E-state index in [0.717, 1.165) is 12.1 Å². The van der Waals surface area contributed by atoms with Gasteiger partial charge in [0.1, 0.15) is 0 Å². The molecule has 1 rings (SSSR count). The number of benzene rings is 1. The normalized spacial score (nSPS) is 11.6. The first-order chi connectivity index (χ1) is 8.49. The Labute approximate surface area is 109 Å². The minimum absolute atomic E-state index is 0.407. The molecule has 0 radical (unpaired) electrons. The highest BCUT2D eigenvalue weighted by Gasteiger charge is 2.30. The van der Waals surface area contributed by atoms with Gasteiger partial charge in [0.15, 0.2) is 0 Å². The summed E-state index contributed by atoms with van der Waals surface area (Å²) in [6, 6.07) is 5.04. The van der Waals surface area contributed by atoms with Gasteiger partial charge in [0.05, 0.1) is 12.2 Å². The first-order valence-corrected chi connectivity index (χ1v) is 5.99. The molecule has 0 aliphatic carbocycles. The first kappa shape index (κ1) is 15.1. The van der Waals surface area contributed by atoms with E-state index in [2.05, 4.69) is 0 Å². The quantitative estimate of drug-likeness (QED) is 0.741. The van der Waals surface area contributed by atoms with Crippen molar-refractivity contribution in [2.24, 2.45) is 0 Å². The third-order valence-corrected chi connectivity index (χ3v) is 2.65. The Morgan fingerprint density at radius 2 is 1.78 bits per heavy atom. The number of rotatable bonds is 6. The number of halogens is 4. The van der Waals surface area contributed by atoms with Crippen molar-refractivity contribution in [2.45, 2.75) is 6.18 Å². The summed E-state index contributed by atoms with van der Waals surface area (Å²) in [4.78, 5) is 1.89. The van der Waals surface area contributed by atoms with Gasteiger partial charge in [0.2, 0.25) is 0 Å². The number of hydrogen-bond acceptors (Lipinski definition) is 2. The molecule has 0 N–H and O–H groups in total. The van der Waals surface area contributed by atoms with Crippen molar-refractivity contribution in [3.63, 3.8) is 0 Å². The second kappa shape index (κ2) is 6.85. The molecular formula is C12H15ClF3NO. The zero-order valence-corrected chi connectivity index (χ0v) is 10.8. The Hall–Kier alpha value is -0.940. The molecule has 0 fully saturated rings. The van der Waals surface area contributed by atoms with E-state index in [1.807, 2.05) is 4.90 Å². The number of hydrogen-bond donors (Lipinski definition) is 0. The Morgan fingerprint density at radius 3 is 2.22 bits per heavy atom. The summed E-state index contributed by atoms with van der Waals surface area (Å²) in [5, 5.41) is 0. The summed E-state index contributed by atoms with van der Waals surface area (Å²) in [5.74, 6) is 0.407. The molecule has 2 nitrogen and oxygen atoms in total. The molecule has 0 aliphatic heterocycles. The number of anilines is 1. The summed E-state index contributed by atoms with van der Waals surface area (Å²) in [6.45, 7) is 1.66. The van der Waals surface area contributed by atoms with Gasteiger partial charge >= 0.3 is 6.18 Å². The van der Waals surface area contributed by atoms with Crippen molar-refractivity contribution in [3.05, 3.63) is 29.8 Å². The molecule has 0 unspecified atom stereocenters. The standard InChI is InChI=1S/C12H15ClF3NO/c1-18-9-8-17(7-6-13)11-4-2-10(3-5-11)12(14,15)16/h2-5H,6-9H2,1H3. The lowest BCUT2D eigenvalue weighted by Gasteiger charge is -2.23. The van der Waals surface area contributed by atoms with Crippen LogP contribution in [0.5, 0.6) is 0 Å². The van der Waals surface area contributed by atoms with Crippen LogP contribution in [0, 0.1) is 0 Å². The third kappa shape index (κ3) is 4.38. The average molecular weight is 282 g/mol. The lowest BCUT2D eigenvalue weighted by Crippen LogP contribution is -2.29. The maximum Gasteiger partial charge on any atom is 0.416 e. The summed E-state index contributed by atoms with van der Waals surface area (Å²) in [5.41, 5.74) is 0.0597. The highest BCUT2D eigenvalue weighted by molar-refractivity contribution is 6.18. The van der Waals surface area contributed by atoms with Crippen molar-refractivity contribution in [3.8, 4) is 0 Å². The van der Waals surface area contributed by atoms with Crippen LogP contribution in [-0.4, -0.2) is 32.7 Å². The van der Waals surface area contributed by atoms with Crippen LogP contribution in [0.1, 0.15) is 5.56 Å². The van der Waals surface area contributed by atoms with Crippen LogP contribution in [0.3, 0.4) is 0 Å². The summed E-state index contributed by atoms with van der Waals surface area (Å²) in [6.07, 6.45) is -4.30. The first-order valence-electron chi connectivity index (χ1n) is 5.46. The molecule has 0 aliphatic rings.